The second-order valence-corrected chi connectivity index (χ2v) is 3.81. The van der Waals surface area contributed by atoms with Crippen molar-refractivity contribution in [3.63, 3.8) is 0 Å². The molecule has 2 rings (SSSR count). The van der Waals surface area contributed by atoms with Crippen LogP contribution in [0.4, 0.5) is 0 Å². The average molecular weight is 200 g/mol. The first-order valence-electron chi connectivity index (χ1n) is 5.33. The maximum Gasteiger partial charge on any atom is 0.0686 e. The summed E-state index contributed by atoms with van der Waals surface area (Å²) >= 11 is 0. The highest BCUT2D eigenvalue weighted by Crippen LogP contribution is 2.28. The summed E-state index contributed by atoms with van der Waals surface area (Å²) in [5.41, 5.74) is 6.05. The van der Waals surface area contributed by atoms with E-state index >= 15 is 0 Å². The van der Waals surface area contributed by atoms with E-state index in [4.69, 9.17) is 0 Å². The van der Waals surface area contributed by atoms with E-state index in [1.807, 2.05) is 12.3 Å². The van der Waals surface area contributed by atoms with E-state index < -0.39 is 0 Å². The zero-order chi connectivity index (χ0) is 10.8. The van der Waals surface area contributed by atoms with Gasteiger partial charge < -0.3 is 4.98 Å². The molecule has 0 atom stereocenters. The monoisotopic (exact) mass is 200 g/mol. The molecule has 0 aromatic carbocycles. The molecule has 1 aromatic rings. The van der Waals surface area contributed by atoms with E-state index in [9.17, 15) is 0 Å². The average Bonchev–Trinajstić information content (AvgIpc) is 2.78. The number of hydrogen-bond acceptors (Lipinski definition) is 1. The summed E-state index contributed by atoms with van der Waals surface area (Å²) in [7, 11) is 0. The molecule has 0 bridgehead atoms. The van der Waals surface area contributed by atoms with Gasteiger partial charge in [-0.25, -0.2) is 0 Å². The van der Waals surface area contributed by atoms with E-state index in [1.54, 1.807) is 0 Å². The minimum absolute atomic E-state index is 1.06. The standard InChI is InChI=1S/C13H16N2/c1-4-12-9(2)13(15-10(12)3)8-11-6-5-7-14-11/h5-8,14H,4H2,1-3H3/b13-8-. The molecule has 1 N–H and O–H groups in total. The Balaban J connectivity index is 2.38. The van der Waals surface area contributed by atoms with Crippen molar-refractivity contribution in [3.8, 4) is 0 Å². The van der Waals surface area contributed by atoms with Gasteiger partial charge in [-0.05, 0) is 49.6 Å². The molecule has 1 aliphatic heterocycles. The van der Waals surface area contributed by atoms with Gasteiger partial charge in [0.15, 0.2) is 0 Å². The predicted molar refractivity (Wildman–Crippen MR) is 64.9 cm³/mol. The molecule has 0 spiro atoms. The van der Waals surface area contributed by atoms with E-state index in [0.717, 1.165) is 23.5 Å². The zero-order valence-corrected chi connectivity index (χ0v) is 9.46. The Kier molecular flexibility index (Phi) is 2.58. The van der Waals surface area contributed by atoms with Crippen molar-refractivity contribution >= 4 is 11.8 Å². The number of allylic oxidation sites excluding steroid dienone is 2. The van der Waals surface area contributed by atoms with Crippen molar-refractivity contribution in [3.05, 3.63) is 40.9 Å². The fourth-order valence-corrected chi connectivity index (χ4v) is 2.00. The Labute approximate surface area is 90.4 Å². The van der Waals surface area contributed by atoms with Gasteiger partial charge in [-0.2, -0.15) is 0 Å². The van der Waals surface area contributed by atoms with Crippen LogP contribution in [0, 0.1) is 0 Å². The summed E-state index contributed by atoms with van der Waals surface area (Å²) in [5, 5.41) is 0. The molecular weight excluding hydrogens is 184 g/mol. The van der Waals surface area contributed by atoms with Gasteiger partial charge in [0.25, 0.3) is 0 Å². The first-order chi connectivity index (χ1) is 7.22. The summed E-state index contributed by atoms with van der Waals surface area (Å²) in [4.78, 5) is 7.74. The lowest BCUT2D eigenvalue weighted by atomic mass is 10.0. The summed E-state index contributed by atoms with van der Waals surface area (Å²) in [6, 6.07) is 4.05. The molecule has 0 radical (unpaired) electrons. The van der Waals surface area contributed by atoms with Gasteiger partial charge in [0.1, 0.15) is 0 Å². The van der Waals surface area contributed by atoms with Crippen LogP contribution in [-0.2, 0) is 0 Å². The van der Waals surface area contributed by atoms with Gasteiger partial charge >= 0.3 is 0 Å². The minimum Gasteiger partial charge on any atom is -0.362 e. The fourth-order valence-electron chi connectivity index (χ4n) is 2.00. The molecule has 0 saturated carbocycles. The predicted octanol–water partition coefficient (Wildman–Crippen LogP) is 3.56. The van der Waals surface area contributed by atoms with Crippen molar-refractivity contribution in [2.45, 2.75) is 27.2 Å². The number of nitrogens with zero attached hydrogens (tertiary/aromatic N) is 1. The number of aromatic amines is 1. The second kappa shape index (κ2) is 3.89. The van der Waals surface area contributed by atoms with Gasteiger partial charge in [0.2, 0.25) is 0 Å². The Hall–Kier alpha value is -1.57. The Morgan fingerprint density at radius 1 is 1.40 bits per heavy atom. The summed E-state index contributed by atoms with van der Waals surface area (Å²) < 4.78 is 0. The third-order valence-electron chi connectivity index (χ3n) is 2.83. The third kappa shape index (κ3) is 1.80. The number of hydrogen-bond donors (Lipinski definition) is 1. The third-order valence-corrected chi connectivity index (χ3v) is 2.83. The van der Waals surface area contributed by atoms with Crippen LogP contribution in [0.25, 0.3) is 6.08 Å². The molecule has 0 saturated heterocycles. The number of aromatic nitrogens is 1. The highest BCUT2D eigenvalue weighted by Gasteiger charge is 2.15. The summed E-state index contributed by atoms with van der Waals surface area (Å²) in [5.74, 6) is 0. The highest BCUT2D eigenvalue weighted by atomic mass is 14.8. The Bertz CT molecular complexity index is 445. The molecule has 2 heterocycles. The largest absolute Gasteiger partial charge is 0.362 e. The summed E-state index contributed by atoms with van der Waals surface area (Å²) in [6.07, 6.45) is 5.09. The lowest BCUT2D eigenvalue weighted by molar-refractivity contribution is 1.15. The molecule has 15 heavy (non-hydrogen) atoms. The maximum atomic E-state index is 4.58. The normalized spacial score (nSPS) is 18.9. The number of aliphatic imine (C=N–C) groups is 1. The van der Waals surface area contributed by atoms with Crippen molar-refractivity contribution in [2.75, 3.05) is 0 Å². The molecule has 2 heteroatoms. The van der Waals surface area contributed by atoms with E-state index in [1.165, 1.54) is 11.1 Å². The minimum atomic E-state index is 1.06. The number of rotatable bonds is 2. The molecule has 78 valence electrons. The zero-order valence-electron chi connectivity index (χ0n) is 9.46. The van der Waals surface area contributed by atoms with Crippen LogP contribution in [0.2, 0.25) is 0 Å². The van der Waals surface area contributed by atoms with Crippen LogP contribution in [0.1, 0.15) is 32.9 Å². The lowest BCUT2D eigenvalue weighted by Gasteiger charge is -1.99. The van der Waals surface area contributed by atoms with Gasteiger partial charge in [-0.3, -0.25) is 4.99 Å². The van der Waals surface area contributed by atoms with Crippen molar-refractivity contribution in [1.29, 1.82) is 0 Å². The molecule has 0 unspecified atom stereocenters. The van der Waals surface area contributed by atoms with Crippen LogP contribution in [0.5, 0.6) is 0 Å². The molecule has 1 aromatic heterocycles. The van der Waals surface area contributed by atoms with Gasteiger partial charge in [-0.15, -0.1) is 0 Å². The van der Waals surface area contributed by atoms with Crippen LogP contribution >= 0.6 is 0 Å². The molecule has 0 amide bonds. The molecule has 1 aliphatic rings. The molecule has 0 aliphatic carbocycles. The van der Waals surface area contributed by atoms with E-state index in [2.05, 4.69) is 42.9 Å². The number of nitrogens with one attached hydrogen (secondary N) is 1. The number of H-pyrrole nitrogens is 1. The Morgan fingerprint density at radius 3 is 2.73 bits per heavy atom. The van der Waals surface area contributed by atoms with Crippen LogP contribution in [0.3, 0.4) is 0 Å². The fraction of sp³-hybridized carbons (Fsp3) is 0.308. The topological polar surface area (TPSA) is 28.1 Å². The smallest absolute Gasteiger partial charge is 0.0686 e. The molecule has 0 fully saturated rings. The SMILES string of the molecule is CCC1=C(C)/C(=C/c2ccc[nH]2)N=C1C. The van der Waals surface area contributed by atoms with Gasteiger partial charge in [0, 0.05) is 17.6 Å². The van der Waals surface area contributed by atoms with Crippen LogP contribution < -0.4 is 0 Å². The summed E-state index contributed by atoms with van der Waals surface area (Å²) in [6.45, 7) is 6.40. The van der Waals surface area contributed by atoms with Crippen molar-refractivity contribution in [1.82, 2.24) is 4.98 Å². The van der Waals surface area contributed by atoms with Crippen LogP contribution in [0.15, 0.2) is 40.2 Å². The first kappa shape index (κ1) is 9.97. The maximum absolute atomic E-state index is 4.58. The van der Waals surface area contributed by atoms with E-state index in [0.29, 0.717) is 0 Å². The van der Waals surface area contributed by atoms with Crippen molar-refractivity contribution in [2.24, 2.45) is 4.99 Å². The molecule has 2 nitrogen and oxygen atoms in total. The first-order valence-corrected chi connectivity index (χ1v) is 5.33. The van der Waals surface area contributed by atoms with Gasteiger partial charge in [-0.1, -0.05) is 6.92 Å². The van der Waals surface area contributed by atoms with Crippen molar-refractivity contribution < 1.29 is 0 Å². The van der Waals surface area contributed by atoms with Gasteiger partial charge in [0.05, 0.1) is 5.70 Å². The second-order valence-electron chi connectivity index (χ2n) is 3.81. The van der Waals surface area contributed by atoms with E-state index in [-0.39, 0.29) is 0 Å². The van der Waals surface area contributed by atoms with Crippen LogP contribution in [-0.4, -0.2) is 10.7 Å². The quantitative estimate of drug-likeness (QED) is 0.756. The Morgan fingerprint density at radius 2 is 2.20 bits per heavy atom. The lowest BCUT2D eigenvalue weighted by Crippen LogP contribution is -1.91. The molecular formula is C13H16N2. The highest BCUT2D eigenvalue weighted by molar-refractivity contribution is 6.03.